The SMILES string of the molecule is CC(=O)c1ccc(-[13c]2cc3ccccc3n2-c2cc(-c3ccccc3)cc3ccccc23)cc1. The zero-order valence-electron chi connectivity index (χ0n) is 18.9. The molecule has 34 heavy (non-hydrogen) atoms. The lowest BCUT2D eigenvalue weighted by Crippen LogP contribution is -1.99. The second-order valence-electron chi connectivity index (χ2n) is 8.64. The predicted molar refractivity (Wildman–Crippen MR) is 142 cm³/mol. The lowest BCUT2D eigenvalue weighted by molar-refractivity contribution is 0.101. The maximum Gasteiger partial charge on any atom is 0.159 e. The first kappa shape index (κ1) is 20.2. The molecule has 0 saturated heterocycles. The highest BCUT2D eigenvalue weighted by Crippen LogP contribution is 2.37. The fourth-order valence-electron chi connectivity index (χ4n) is 4.78. The Morgan fingerprint density at radius 3 is 2.03 bits per heavy atom. The largest absolute Gasteiger partial charge is 0.309 e. The third-order valence-corrected chi connectivity index (χ3v) is 6.49. The van der Waals surface area contributed by atoms with Gasteiger partial charge in [-0.25, -0.2) is 0 Å². The third-order valence-electron chi connectivity index (χ3n) is 6.49. The second-order valence-corrected chi connectivity index (χ2v) is 8.64. The minimum atomic E-state index is 0.0775. The number of fused-ring (bicyclic) bond motifs is 2. The average Bonchev–Trinajstić information content (AvgIpc) is 3.28. The van der Waals surface area contributed by atoms with E-state index >= 15 is 0 Å². The van der Waals surface area contributed by atoms with Crippen LogP contribution in [-0.4, -0.2) is 10.4 Å². The number of hydrogen-bond acceptors (Lipinski definition) is 1. The molecule has 0 radical (unpaired) electrons. The molecule has 0 aliphatic rings. The van der Waals surface area contributed by atoms with E-state index in [4.69, 9.17) is 0 Å². The number of benzene rings is 5. The van der Waals surface area contributed by atoms with Crippen LogP contribution in [0.15, 0.2) is 121 Å². The van der Waals surface area contributed by atoms with Crippen molar-refractivity contribution in [1.29, 1.82) is 0 Å². The Morgan fingerprint density at radius 1 is 0.588 bits per heavy atom. The molecule has 0 saturated carbocycles. The topological polar surface area (TPSA) is 22.0 Å². The number of rotatable bonds is 4. The van der Waals surface area contributed by atoms with Crippen molar-refractivity contribution in [3.63, 3.8) is 0 Å². The maximum atomic E-state index is 11.8. The molecule has 6 rings (SSSR count). The van der Waals surface area contributed by atoms with E-state index in [1.54, 1.807) is 6.92 Å². The van der Waals surface area contributed by atoms with Gasteiger partial charge < -0.3 is 4.57 Å². The molecule has 0 aliphatic carbocycles. The number of para-hydroxylation sites is 1. The fraction of sp³-hybridized carbons (Fsp3) is 0.0312. The van der Waals surface area contributed by atoms with Crippen LogP contribution in [0.1, 0.15) is 17.3 Å². The molecule has 162 valence electrons. The van der Waals surface area contributed by atoms with Crippen molar-refractivity contribution in [3.8, 4) is 28.1 Å². The molecule has 0 spiro atoms. The molecule has 2 heteroatoms. The Balaban J connectivity index is 1.68. The van der Waals surface area contributed by atoms with Crippen molar-refractivity contribution >= 4 is 27.5 Å². The molecule has 0 amide bonds. The maximum absolute atomic E-state index is 11.8. The summed E-state index contributed by atoms with van der Waals surface area (Å²) in [5.41, 5.74) is 7.58. The highest BCUT2D eigenvalue weighted by atomic mass is 16.1. The number of aromatic nitrogens is 1. The summed E-state index contributed by atoms with van der Waals surface area (Å²) in [4.78, 5) is 11.8. The van der Waals surface area contributed by atoms with Crippen LogP contribution < -0.4 is 0 Å². The molecule has 0 aliphatic heterocycles. The van der Waals surface area contributed by atoms with Crippen LogP contribution in [0.4, 0.5) is 0 Å². The van der Waals surface area contributed by atoms with Gasteiger partial charge >= 0.3 is 0 Å². The van der Waals surface area contributed by atoms with Gasteiger partial charge in [0.1, 0.15) is 0 Å². The van der Waals surface area contributed by atoms with Crippen LogP contribution in [0.3, 0.4) is 0 Å². The normalized spacial score (nSPS) is 11.2. The molecule has 0 N–H and O–H groups in total. The van der Waals surface area contributed by atoms with Crippen molar-refractivity contribution in [1.82, 2.24) is 4.57 Å². The van der Waals surface area contributed by atoms with E-state index in [-0.39, 0.29) is 5.78 Å². The van der Waals surface area contributed by atoms with E-state index in [1.165, 1.54) is 27.3 Å². The molecule has 0 bridgehead atoms. The van der Waals surface area contributed by atoms with E-state index in [0.29, 0.717) is 0 Å². The average molecular weight is 439 g/mol. The van der Waals surface area contributed by atoms with Crippen molar-refractivity contribution in [2.45, 2.75) is 6.92 Å². The van der Waals surface area contributed by atoms with Gasteiger partial charge in [-0.05, 0) is 53.3 Å². The van der Waals surface area contributed by atoms with E-state index < -0.39 is 0 Å². The van der Waals surface area contributed by atoms with Crippen LogP contribution in [-0.2, 0) is 0 Å². The van der Waals surface area contributed by atoms with Gasteiger partial charge in [0.25, 0.3) is 0 Å². The monoisotopic (exact) mass is 438 g/mol. The first-order valence-corrected chi connectivity index (χ1v) is 11.5. The summed E-state index contributed by atoms with van der Waals surface area (Å²) >= 11 is 0. The zero-order chi connectivity index (χ0) is 23.1. The Bertz CT molecular complexity index is 1660. The summed E-state index contributed by atoms with van der Waals surface area (Å²) in [7, 11) is 0. The van der Waals surface area contributed by atoms with Gasteiger partial charge in [0.15, 0.2) is 5.78 Å². The molecule has 1 heterocycles. The van der Waals surface area contributed by atoms with Gasteiger partial charge in [-0.1, -0.05) is 97.1 Å². The molecule has 0 fully saturated rings. The molecule has 6 aromatic rings. The number of carbonyl (C=O) groups is 1. The number of nitrogens with zero attached hydrogens (tertiary/aromatic N) is 1. The van der Waals surface area contributed by atoms with E-state index in [1.807, 2.05) is 30.3 Å². The number of hydrogen-bond donors (Lipinski definition) is 0. The number of ketones is 1. The van der Waals surface area contributed by atoms with Gasteiger partial charge in [-0.3, -0.25) is 4.79 Å². The molecule has 0 atom stereocenters. The predicted octanol–water partition coefficient (Wildman–Crippen LogP) is 8.32. The molecule has 0 unspecified atom stereocenters. The van der Waals surface area contributed by atoms with Crippen LogP contribution in [0.2, 0.25) is 0 Å². The lowest BCUT2D eigenvalue weighted by atomic mass is 9.99. The van der Waals surface area contributed by atoms with Crippen molar-refractivity contribution in [2.24, 2.45) is 0 Å². The van der Waals surface area contributed by atoms with Gasteiger partial charge in [-0.15, -0.1) is 0 Å². The van der Waals surface area contributed by atoms with Crippen molar-refractivity contribution in [3.05, 3.63) is 127 Å². The highest BCUT2D eigenvalue weighted by Gasteiger charge is 2.16. The van der Waals surface area contributed by atoms with Crippen LogP contribution in [0.25, 0.3) is 49.7 Å². The van der Waals surface area contributed by atoms with E-state index in [0.717, 1.165) is 28.0 Å². The standard InChI is InChI=1S/C32H23NO/c1-22(34)23-15-17-25(18-16-23)31-20-27-12-6-8-14-30(27)33(31)32-21-28(24-9-3-2-4-10-24)19-26-11-5-7-13-29(26)32/h2-21H,1H3/i31+1. The third kappa shape index (κ3) is 3.41. The minimum Gasteiger partial charge on any atom is -0.309 e. The van der Waals surface area contributed by atoms with Gasteiger partial charge in [0, 0.05) is 16.3 Å². The first-order chi connectivity index (χ1) is 16.7. The molecule has 5 aromatic carbocycles. The minimum absolute atomic E-state index is 0.0775. The quantitative estimate of drug-likeness (QED) is 0.254. The van der Waals surface area contributed by atoms with Gasteiger partial charge in [-0.2, -0.15) is 0 Å². The lowest BCUT2D eigenvalue weighted by Gasteiger charge is -2.16. The van der Waals surface area contributed by atoms with Crippen molar-refractivity contribution in [2.75, 3.05) is 0 Å². The molecule has 2 nitrogen and oxygen atoms in total. The van der Waals surface area contributed by atoms with Crippen LogP contribution in [0.5, 0.6) is 0 Å². The molecular formula is C32H23NO. The molecular weight excluding hydrogens is 415 g/mol. The first-order valence-electron chi connectivity index (χ1n) is 11.5. The Hall–Kier alpha value is -4.43. The Morgan fingerprint density at radius 2 is 1.26 bits per heavy atom. The zero-order valence-corrected chi connectivity index (χ0v) is 18.9. The summed E-state index contributed by atoms with van der Waals surface area (Å²) in [5, 5.41) is 3.59. The Kier molecular flexibility index (Phi) is 4.85. The van der Waals surface area contributed by atoms with Crippen LogP contribution in [0, 0.1) is 0 Å². The van der Waals surface area contributed by atoms with E-state index in [2.05, 4.69) is 95.6 Å². The summed E-state index contributed by atoms with van der Waals surface area (Å²) in [6.45, 7) is 1.60. The summed E-state index contributed by atoms with van der Waals surface area (Å²) in [5.74, 6) is 0.0775. The fourth-order valence-corrected chi connectivity index (χ4v) is 4.78. The summed E-state index contributed by atoms with van der Waals surface area (Å²) in [6.07, 6.45) is 0. The van der Waals surface area contributed by atoms with Gasteiger partial charge in [0.05, 0.1) is 16.9 Å². The highest BCUT2D eigenvalue weighted by molar-refractivity contribution is 5.99. The summed E-state index contributed by atoms with van der Waals surface area (Å²) < 4.78 is 2.35. The summed E-state index contributed by atoms with van der Waals surface area (Å²) in [6, 6.07) is 42.3. The van der Waals surface area contributed by atoms with E-state index in [9.17, 15) is 4.79 Å². The van der Waals surface area contributed by atoms with Crippen LogP contribution >= 0.6 is 0 Å². The smallest absolute Gasteiger partial charge is 0.159 e. The van der Waals surface area contributed by atoms with Crippen molar-refractivity contribution < 1.29 is 4.79 Å². The number of carbonyl (C=O) groups excluding carboxylic acids is 1. The molecule has 1 aromatic heterocycles. The Labute approximate surface area is 198 Å². The van der Waals surface area contributed by atoms with Gasteiger partial charge in [0.2, 0.25) is 0 Å². The second kappa shape index (κ2) is 8.17. The number of Topliss-reactive ketones (excluding diaryl/α,β-unsaturated/α-hetero) is 1.